The Morgan fingerprint density at radius 2 is 1.88 bits per heavy atom. The lowest BCUT2D eigenvalue weighted by Crippen LogP contribution is -2.43. The first-order chi connectivity index (χ1) is 15.0. The van der Waals surface area contributed by atoms with Gasteiger partial charge in [0, 0.05) is 6.54 Å². The van der Waals surface area contributed by atoms with Crippen LogP contribution in [0.3, 0.4) is 0 Å². The Labute approximate surface area is 186 Å². The molecule has 0 fully saturated rings. The highest BCUT2D eigenvalue weighted by Crippen LogP contribution is 2.34. The van der Waals surface area contributed by atoms with Crippen molar-refractivity contribution < 1.29 is 32.2 Å². The second-order valence-electron chi connectivity index (χ2n) is 8.72. The molecular formula is C24H28F3NO4. The highest BCUT2D eigenvalue weighted by atomic mass is 19.4. The Morgan fingerprint density at radius 3 is 2.53 bits per heavy atom. The molecule has 1 heterocycles. The summed E-state index contributed by atoms with van der Waals surface area (Å²) in [4.78, 5) is 14.5. The van der Waals surface area contributed by atoms with E-state index in [2.05, 4.69) is 0 Å². The second-order valence-corrected chi connectivity index (χ2v) is 8.72. The minimum Gasteiger partial charge on any atom is -0.489 e. The molecule has 2 aromatic carbocycles. The molecule has 1 atom stereocenters. The van der Waals surface area contributed by atoms with Crippen LogP contribution in [0.15, 0.2) is 42.5 Å². The number of hydrogen-bond acceptors (Lipinski definition) is 5. The van der Waals surface area contributed by atoms with Gasteiger partial charge in [0.2, 0.25) is 0 Å². The minimum atomic E-state index is -4.40. The summed E-state index contributed by atoms with van der Waals surface area (Å²) in [6, 6.07) is 9.84. The van der Waals surface area contributed by atoms with Crippen LogP contribution in [0.2, 0.25) is 0 Å². The van der Waals surface area contributed by atoms with E-state index in [-0.39, 0.29) is 24.9 Å². The molecule has 32 heavy (non-hydrogen) atoms. The quantitative estimate of drug-likeness (QED) is 0.570. The maximum absolute atomic E-state index is 12.9. The van der Waals surface area contributed by atoms with Crippen LogP contribution in [0.25, 0.3) is 0 Å². The Bertz CT molecular complexity index is 953. The predicted molar refractivity (Wildman–Crippen MR) is 113 cm³/mol. The van der Waals surface area contributed by atoms with E-state index in [0.717, 1.165) is 23.3 Å². The predicted octanol–water partition coefficient (Wildman–Crippen LogP) is 5.13. The van der Waals surface area contributed by atoms with Crippen LogP contribution in [0.5, 0.6) is 5.75 Å². The van der Waals surface area contributed by atoms with Crippen LogP contribution >= 0.6 is 0 Å². The number of hydrogen-bond donors (Lipinski definition) is 0. The van der Waals surface area contributed by atoms with Gasteiger partial charge < -0.3 is 14.2 Å². The zero-order chi connectivity index (χ0) is 23.5. The van der Waals surface area contributed by atoms with E-state index in [0.29, 0.717) is 24.3 Å². The minimum absolute atomic E-state index is 0.00862. The van der Waals surface area contributed by atoms with Crippen molar-refractivity contribution in [1.29, 1.82) is 0 Å². The summed E-state index contributed by atoms with van der Waals surface area (Å²) < 4.78 is 55.4. The van der Waals surface area contributed by atoms with Crippen molar-refractivity contribution in [3.05, 3.63) is 64.7 Å². The van der Waals surface area contributed by atoms with Gasteiger partial charge in [-0.25, -0.2) is 4.79 Å². The molecule has 174 valence electrons. The molecule has 2 aromatic rings. The van der Waals surface area contributed by atoms with E-state index in [1.807, 2.05) is 37.8 Å². The largest absolute Gasteiger partial charge is 0.489 e. The molecule has 1 aliphatic heterocycles. The van der Waals surface area contributed by atoms with E-state index < -0.39 is 17.8 Å². The van der Waals surface area contributed by atoms with Crippen LogP contribution < -0.4 is 4.74 Å². The van der Waals surface area contributed by atoms with Crippen molar-refractivity contribution in [3.63, 3.8) is 0 Å². The molecule has 3 rings (SSSR count). The van der Waals surface area contributed by atoms with Gasteiger partial charge in [0.15, 0.2) is 0 Å². The number of alkyl halides is 3. The van der Waals surface area contributed by atoms with E-state index >= 15 is 0 Å². The topological polar surface area (TPSA) is 48.0 Å². The molecule has 0 bridgehead atoms. The molecule has 0 radical (unpaired) electrons. The first kappa shape index (κ1) is 24.1. The molecule has 8 heteroatoms. The Kier molecular flexibility index (Phi) is 7.15. The molecule has 0 unspecified atom stereocenters. The summed E-state index contributed by atoms with van der Waals surface area (Å²) in [7, 11) is 1.35. The smallest absolute Gasteiger partial charge is 0.416 e. The van der Waals surface area contributed by atoms with Gasteiger partial charge in [0.1, 0.15) is 25.1 Å². The number of rotatable bonds is 6. The van der Waals surface area contributed by atoms with E-state index in [1.165, 1.54) is 13.2 Å². The van der Waals surface area contributed by atoms with E-state index in [9.17, 15) is 18.0 Å². The molecule has 1 aliphatic rings. The van der Waals surface area contributed by atoms with Gasteiger partial charge in [-0.2, -0.15) is 13.2 Å². The van der Waals surface area contributed by atoms with Crippen LogP contribution in [0.4, 0.5) is 13.2 Å². The summed E-state index contributed by atoms with van der Waals surface area (Å²) in [5.74, 6) is 0.158. The monoisotopic (exact) mass is 451 g/mol. The number of nitrogens with zero attached hydrogens (tertiary/aromatic N) is 1. The highest BCUT2D eigenvalue weighted by molar-refractivity contribution is 5.78. The summed E-state index contributed by atoms with van der Waals surface area (Å²) in [5, 5.41) is 0. The maximum Gasteiger partial charge on any atom is 0.416 e. The first-order valence-electron chi connectivity index (χ1n) is 10.4. The average molecular weight is 451 g/mol. The van der Waals surface area contributed by atoms with Crippen molar-refractivity contribution in [2.45, 2.75) is 51.6 Å². The normalized spacial score (nSPS) is 17.0. The molecule has 0 saturated heterocycles. The van der Waals surface area contributed by atoms with Crippen molar-refractivity contribution >= 4 is 5.97 Å². The fraction of sp³-hybridized carbons (Fsp3) is 0.458. The van der Waals surface area contributed by atoms with E-state index in [4.69, 9.17) is 14.2 Å². The fourth-order valence-electron chi connectivity index (χ4n) is 3.55. The third kappa shape index (κ3) is 6.01. The number of benzene rings is 2. The number of ether oxygens (including phenoxy) is 3. The van der Waals surface area contributed by atoms with Crippen LogP contribution in [0.1, 0.15) is 49.1 Å². The Balaban J connectivity index is 1.75. The number of carbonyl (C=O) groups is 1. The summed E-state index contributed by atoms with van der Waals surface area (Å²) >= 11 is 0. The Morgan fingerprint density at radius 1 is 1.12 bits per heavy atom. The van der Waals surface area contributed by atoms with Crippen molar-refractivity contribution in [3.8, 4) is 5.75 Å². The van der Waals surface area contributed by atoms with Crippen LogP contribution in [-0.4, -0.2) is 36.9 Å². The average Bonchev–Trinajstić information content (AvgIpc) is 2.74. The van der Waals surface area contributed by atoms with E-state index in [1.54, 1.807) is 12.1 Å². The fourth-order valence-corrected chi connectivity index (χ4v) is 3.55. The third-order valence-corrected chi connectivity index (χ3v) is 5.19. The SMILES string of the molecule is COC(=O)[C@H]1c2ccc(OCc3cccc(C(F)(F)F)c3)cc2CCN1COC(C)(C)C. The molecular weight excluding hydrogens is 423 g/mol. The summed E-state index contributed by atoms with van der Waals surface area (Å²) in [6.45, 7) is 6.75. The number of halogens is 3. The van der Waals surface area contributed by atoms with Gasteiger partial charge in [-0.15, -0.1) is 0 Å². The number of carbonyl (C=O) groups excluding carboxylic acids is 1. The molecule has 0 saturated carbocycles. The molecule has 0 aromatic heterocycles. The Hall–Kier alpha value is -2.58. The number of esters is 1. The van der Waals surface area contributed by atoms with Gasteiger partial charge in [0.25, 0.3) is 0 Å². The second kappa shape index (κ2) is 9.50. The lowest BCUT2D eigenvalue weighted by Gasteiger charge is -2.37. The zero-order valence-electron chi connectivity index (χ0n) is 18.7. The van der Waals surface area contributed by atoms with Crippen molar-refractivity contribution in [2.24, 2.45) is 0 Å². The summed E-state index contributed by atoms with van der Waals surface area (Å²) in [6.07, 6.45) is -3.72. The summed E-state index contributed by atoms with van der Waals surface area (Å²) in [5.41, 5.74) is 1.13. The van der Waals surface area contributed by atoms with Crippen molar-refractivity contribution in [2.75, 3.05) is 20.4 Å². The highest BCUT2D eigenvalue weighted by Gasteiger charge is 2.35. The van der Waals surface area contributed by atoms with Gasteiger partial charge in [-0.3, -0.25) is 4.90 Å². The molecule has 5 nitrogen and oxygen atoms in total. The van der Waals surface area contributed by atoms with Crippen LogP contribution in [0, 0.1) is 0 Å². The van der Waals surface area contributed by atoms with Gasteiger partial charge in [-0.05, 0) is 68.1 Å². The van der Waals surface area contributed by atoms with Crippen LogP contribution in [-0.2, 0) is 33.5 Å². The first-order valence-corrected chi connectivity index (χ1v) is 10.4. The number of fused-ring (bicyclic) bond motifs is 1. The molecule has 0 spiro atoms. The zero-order valence-corrected chi connectivity index (χ0v) is 18.7. The standard InChI is InChI=1S/C24H28F3NO4/c1-23(2,3)32-15-28-11-10-17-13-19(8-9-20(17)21(28)22(29)30-4)31-14-16-6-5-7-18(12-16)24(25,26)27/h5-9,12-13,21H,10-11,14-15H2,1-4H3/t21-/m1/s1. The number of methoxy groups -OCH3 is 1. The molecule has 0 aliphatic carbocycles. The van der Waals surface area contributed by atoms with Gasteiger partial charge in [-0.1, -0.05) is 18.2 Å². The molecule has 0 N–H and O–H groups in total. The third-order valence-electron chi connectivity index (χ3n) is 5.19. The lowest BCUT2D eigenvalue weighted by molar-refractivity contribution is -0.153. The molecule has 0 amide bonds. The maximum atomic E-state index is 12.9. The lowest BCUT2D eigenvalue weighted by atomic mass is 9.92. The van der Waals surface area contributed by atoms with Gasteiger partial charge >= 0.3 is 12.1 Å². The van der Waals surface area contributed by atoms with Crippen molar-refractivity contribution in [1.82, 2.24) is 4.90 Å². The van der Waals surface area contributed by atoms with Gasteiger partial charge in [0.05, 0.1) is 18.3 Å².